The van der Waals surface area contributed by atoms with Crippen molar-refractivity contribution in [3.63, 3.8) is 0 Å². The highest BCUT2D eigenvalue weighted by Crippen LogP contribution is 2.25. The molecule has 3 rings (SSSR count). The summed E-state index contributed by atoms with van der Waals surface area (Å²) in [4.78, 5) is 29.4. The highest BCUT2D eigenvalue weighted by atomic mass is 32.1. The molecule has 0 bridgehead atoms. The number of aromatic nitrogens is 1. The fourth-order valence-electron chi connectivity index (χ4n) is 2.51. The topological polar surface area (TPSA) is 71.1 Å². The van der Waals surface area contributed by atoms with Crippen molar-refractivity contribution < 1.29 is 9.59 Å². The minimum absolute atomic E-state index is 0.0397. The van der Waals surface area contributed by atoms with Gasteiger partial charge in [0.1, 0.15) is 0 Å². The molecule has 0 unspecified atom stereocenters. The molecule has 5 nitrogen and oxygen atoms in total. The summed E-state index contributed by atoms with van der Waals surface area (Å²) in [6.45, 7) is 0.462. The van der Waals surface area contributed by atoms with Crippen molar-refractivity contribution in [1.82, 2.24) is 15.6 Å². The molecule has 0 saturated carbocycles. The van der Waals surface area contributed by atoms with Crippen molar-refractivity contribution in [2.24, 2.45) is 0 Å². The van der Waals surface area contributed by atoms with Gasteiger partial charge in [0.25, 0.3) is 5.91 Å². The molecule has 26 heavy (non-hydrogen) atoms. The summed E-state index contributed by atoms with van der Waals surface area (Å²) in [5.41, 5.74) is 4.39. The first kappa shape index (κ1) is 17.8. The molecule has 0 aliphatic rings. The molecule has 3 aromatic rings. The number of thiazole rings is 1. The highest BCUT2D eigenvalue weighted by Gasteiger charge is 2.10. The molecule has 6 heteroatoms. The van der Waals surface area contributed by atoms with Crippen LogP contribution in [0.1, 0.15) is 15.2 Å². The zero-order chi connectivity index (χ0) is 18.2. The van der Waals surface area contributed by atoms with Crippen molar-refractivity contribution >= 4 is 23.2 Å². The minimum atomic E-state index is -0.255. The van der Waals surface area contributed by atoms with Crippen LogP contribution in [0.3, 0.4) is 0 Å². The lowest BCUT2D eigenvalue weighted by Crippen LogP contribution is -2.37. The van der Waals surface area contributed by atoms with Crippen LogP contribution in [0.2, 0.25) is 0 Å². The van der Waals surface area contributed by atoms with E-state index in [1.165, 1.54) is 0 Å². The van der Waals surface area contributed by atoms with Gasteiger partial charge >= 0.3 is 0 Å². The standard InChI is InChI=1S/C20H19N3O2S/c24-18(13-22-20(25)16-9-5-2-6-10-16)21-12-11-17-19(23-14-26-17)15-7-3-1-4-8-15/h1-10,14H,11-13H2,(H,21,24)(H,22,25). The molecule has 2 aromatic carbocycles. The number of nitrogens with one attached hydrogen (secondary N) is 2. The molecular weight excluding hydrogens is 346 g/mol. The number of hydrogen-bond acceptors (Lipinski definition) is 4. The Morgan fingerprint density at radius 3 is 2.35 bits per heavy atom. The third kappa shape index (κ3) is 4.77. The lowest BCUT2D eigenvalue weighted by molar-refractivity contribution is -0.120. The van der Waals surface area contributed by atoms with E-state index in [1.807, 2.05) is 41.9 Å². The third-order valence-electron chi connectivity index (χ3n) is 3.81. The van der Waals surface area contributed by atoms with Crippen molar-refractivity contribution in [3.8, 4) is 11.3 Å². The second-order valence-corrected chi connectivity index (χ2v) is 6.58. The molecular formula is C20H19N3O2S. The van der Waals surface area contributed by atoms with Gasteiger partial charge in [0.2, 0.25) is 5.91 Å². The molecule has 2 amide bonds. The number of nitrogens with zero attached hydrogens (tertiary/aromatic N) is 1. The number of hydrogen-bond donors (Lipinski definition) is 2. The van der Waals surface area contributed by atoms with Gasteiger partial charge in [0.05, 0.1) is 17.7 Å². The number of rotatable bonds is 7. The Bertz CT molecular complexity index is 863. The molecule has 0 saturated heterocycles. The fourth-order valence-corrected chi connectivity index (χ4v) is 3.30. The summed E-state index contributed by atoms with van der Waals surface area (Å²) in [6.07, 6.45) is 0.702. The molecule has 0 atom stereocenters. The lowest BCUT2D eigenvalue weighted by atomic mass is 10.1. The van der Waals surface area contributed by atoms with Crippen molar-refractivity contribution in [1.29, 1.82) is 0 Å². The normalized spacial score (nSPS) is 10.3. The van der Waals surface area contributed by atoms with E-state index in [2.05, 4.69) is 15.6 Å². The van der Waals surface area contributed by atoms with Gasteiger partial charge in [-0.3, -0.25) is 9.59 Å². The molecule has 1 aromatic heterocycles. The van der Waals surface area contributed by atoms with Crippen LogP contribution in [-0.2, 0) is 11.2 Å². The van der Waals surface area contributed by atoms with Crippen LogP contribution in [0.25, 0.3) is 11.3 Å². The molecule has 1 heterocycles. The summed E-state index contributed by atoms with van der Waals surface area (Å²) < 4.78 is 0. The predicted molar refractivity (Wildman–Crippen MR) is 103 cm³/mol. The minimum Gasteiger partial charge on any atom is -0.354 e. The van der Waals surface area contributed by atoms with E-state index in [0.29, 0.717) is 18.5 Å². The van der Waals surface area contributed by atoms with E-state index >= 15 is 0 Å². The maximum Gasteiger partial charge on any atom is 0.251 e. The van der Waals surface area contributed by atoms with Crippen LogP contribution in [0, 0.1) is 0 Å². The Labute approximate surface area is 156 Å². The number of benzene rings is 2. The molecule has 0 radical (unpaired) electrons. The lowest BCUT2D eigenvalue weighted by Gasteiger charge is -2.07. The fraction of sp³-hybridized carbons (Fsp3) is 0.150. The number of amides is 2. The first-order chi connectivity index (χ1) is 12.7. The van der Waals surface area contributed by atoms with E-state index in [-0.39, 0.29) is 18.4 Å². The van der Waals surface area contributed by atoms with E-state index in [4.69, 9.17) is 0 Å². The van der Waals surface area contributed by atoms with Crippen LogP contribution in [0.15, 0.2) is 66.2 Å². The summed E-state index contributed by atoms with van der Waals surface area (Å²) in [7, 11) is 0. The van der Waals surface area contributed by atoms with Crippen LogP contribution >= 0.6 is 11.3 Å². The molecule has 2 N–H and O–H groups in total. The molecule has 0 aliphatic heterocycles. The average Bonchev–Trinajstić information content (AvgIpc) is 3.16. The van der Waals surface area contributed by atoms with Gasteiger partial charge in [-0.2, -0.15) is 0 Å². The summed E-state index contributed by atoms with van der Waals surface area (Å²) >= 11 is 1.58. The van der Waals surface area contributed by atoms with E-state index < -0.39 is 0 Å². The second-order valence-electron chi connectivity index (χ2n) is 5.64. The Morgan fingerprint density at radius 2 is 1.62 bits per heavy atom. The SMILES string of the molecule is O=C(CNC(=O)c1ccccc1)NCCc1scnc1-c1ccccc1. The molecule has 0 fully saturated rings. The van der Waals surface area contributed by atoms with Crippen LogP contribution in [-0.4, -0.2) is 29.9 Å². The summed E-state index contributed by atoms with van der Waals surface area (Å²) in [6, 6.07) is 18.8. The second kappa shape index (κ2) is 8.92. The van der Waals surface area contributed by atoms with Crippen LogP contribution in [0.5, 0.6) is 0 Å². The van der Waals surface area contributed by atoms with Gasteiger partial charge in [0.15, 0.2) is 0 Å². The van der Waals surface area contributed by atoms with Crippen LogP contribution in [0.4, 0.5) is 0 Å². The zero-order valence-electron chi connectivity index (χ0n) is 14.1. The summed E-state index contributed by atoms with van der Waals surface area (Å²) in [5.74, 6) is -0.463. The summed E-state index contributed by atoms with van der Waals surface area (Å²) in [5, 5.41) is 5.45. The van der Waals surface area contributed by atoms with Gasteiger partial charge in [-0.15, -0.1) is 11.3 Å². The van der Waals surface area contributed by atoms with E-state index in [9.17, 15) is 9.59 Å². The van der Waals surface area contributed by atoms with Gasteiger partial charge in [0, 0.05) is 29.0 Å². The molecule has 132 valence electrons. The first-order valence-electron chi connectivity index (χ1n) is 8.32. The maximum atomic E-state index is 11.9. The van der Waals surface area contributed by atoms with Gasteiger partial charge in [-0.1, -0.05) is 48.5 Å². The quantitative estimate of drug-likeness (QED) is 0.676. The maximum absolute atomic E-state index is 11.9. The van der Waals surface area contributed by atoms with Gasteiger partial charge in [-0.25, -0.2) is 4.98 Å². The Hall–Kier alpha value is -2.99. The monoisotopic (exact) mass is 365 g/mol. The van der Waals surface area contributed by atoms with Crippen molar-refractivity contribution in [3.05, 3.63) is 76.6 Å². The van der Waals surface area contributed by atoms with Gasteiger partial charge in [-0.05, 0) is 12.1 Å². The Morgan fingerprint density at radius 1 is 0.923 bits per heavy atom. The molecule has 0 spiro atoms. The predicted octanol–water partition coefficient (Wildman–Crippen LogP) is 2.90. The Kier molecular flexibility index (Phi) is 6.11. The number of carbonyl (C=O) groups is 2. The average molecular weight is 365 g/mol. The smallest absolute Gasteiger partial charge is 0.251 e. The molecule has 0 aliphatic carbocycles. The van der Waals surface area contributed by atoms with Crippen molar-refractivity contribution in [2.75, 3.05) is 13.1 Å². The zero-order valence-corrected chi connectivity index (χ0v) is 15.0. The first-order valence-corrected chi connectivity index (χ1v) is 9.20. The third-order valence-corrected chi connectivity index (χ3v) is 4.70. The van der Waals surface area contributed by atoms with E-state index in [0.717, 1.165) is 16.1 Å². The highest BCUT2D eigenvalue weighted by molar-refractivity contribution is 7.10. The van der Waals surface area contributed by atoms with Crippen molar-refractivity contribution in [2.45, 2.75) is 6.42 Å². The van der Waals surface area contributed by atoms with Crippen LogP contribution < -0.4 is 10.6 Å². The Balaban J connectivity index is 1.45. The van der Waals surface area contributed by atoms with Gasteiger partial charge < -0.3 is 10.6 Å². The largest absolute Gasteiger partial charge is 0.354 e. The van der Waals surface area contributed by atoms with E-state index in [1.54, 1.807) is 35.6 Å². The number of carbonyl (C=O) groups excluding carboxylic acids is 2.